The van der Waals surface area contributed by atoms with E-state index in [2.05, 4.69) is 15.0 Å². The Morgan fingerprint density at radius 2 is 2.44 bits per heavy atom. The second-order valence-corrected chi connectivity index (χ2v) is 2.60. The van der Waals surface area contributed by atoms with Gasteiger partial charge >= 0.3 is 5.97 Å². The van der Waals surface area contributed by atoms with Gasteiger partial charge in [-0.05, 0) is 17.6 Å². The van der Waals surface area contributed by atoms with Gasteiger partial charge in [0.25, 0.3) is 2.86 Å². The molecule has 0 saturated heterocycles. The summed E-state index contributed by atoms with van der Waals surface area (Å²) >= 11 is 0. The van der Waals surface area contributed by atoms with Gasteiger partial charge in [-0.1, -0.05) is 6.04 Å². The predicted octanol–water partition coefficient (Wildman–Crippen LogP) is -0.369. The maximum atomic E-state index is 11.8. The smallest absolute Gasteiger partial charge is 0.325 e. The summed E-state index contributed by atoms with van der Waals surface area (Å²) in [5, 5.41) is 18.5. The van der Waals surface area contributed by atoms with E-state index in [1.165, 1.54) is 0 Å². The van der Waals surface area contributed by atoms with Crippen LogP contribution >= 0.6 is 0 Å². The molecular weight excluding hydrogens is 214 g/mol. The summed E-state index contributed by atoms with van der Waals surface area (Å²) in [6.45, 7) is 0. The number of phenols is 2. The average Bonchev–Trinajstić information content (AvgIpc) is 2.55. The Hall–Kier alpha value is -1.79. The monoisotopic (exact) mass is 236 g/mol. The lowest BCUT2D eigenvalue weighted by Gasteiger charge is -2.17. The van der Waals surface area contributed by atoms with Crippen molar-refractivity contribution in [1.82, 2.24) is 0 Å². The molecule has 6 nitrogen and oxygen atoms in total. The highest BCUT2D eigenvalue weighted by atomic mass is 16.5. The number of esters is 1. The summed E-state index contributed by atoms with van der Waals surface area (Å²) in [7, 11) is 0.764. The fourth-order valence-corrected chi connectivity index (χ4v) is 0.808. The van der Waals surface area contributed by atoms with Crippen molar-refractivity contribution in [2.45, 2.75) is 12.1 Å². The Morgan fingerprint density at radius 1 is 1.69 bits per heavy atom. The number of carbonyl (C=O) groups is 1. The number of hydrogen-bond donors (Lipinski definition) is 4. The van der Waals surface area contributed by atoms with Crippen LogP contribution in [0.5, 0.6) is 11.5 Å². The maximum Gasteiger partial charge on any atom is 0.325 e. The van der Waals surface area contributed by atoms with Gasteiger partial charge in [-0.2, -0.15) is 0 Å². The first-order valence-corrected chi connectivity index (χ1v) is 3.92. The van der Waals surface area contributed by atoms with Crippen LogP contribution in [0.2, 0.25) is 2.82 Å². The van der Waals surface area contributed by atoms with Gasteiger partial charge in [0.05, 0.1) is 14.0 Å². The van der Waals surface area contributed by atoms with E-state index in [4.69, 9.17) is 12.5 Å². The van der Waals surface area contributed by atoms with E-state index in [1.54, 1.807) is 0 Å². The minimum absolute atomic E-state index is 0.662. The lowest BCUT2D eigenvalue weighted by Crippen LogP contribution is -2.37. The van der Waals surface area contributed by atoms with E-state index in [1.807, 2.05) is 0 Å². The van der Waals surface area contributed by atoms with Gasteiger partial charge in [0, 0.05) is 0 Å². The molecule has 0 heterocycles. The molecule has 88 valence electrons. The minimum Gasteiger partial charge on any atom is -0.504 e. The van der Waals surface area contributed by atoms with Crippen molar-refractivity contribution < 1.29 is 34.5 Å². The van der Waals surface area contributed by atoms with Gasteiger partial charge in [0.15, 0.2) is 11.5 Å². The highest BCUT2D eigenvalue weighted by molar-refractivity contribution is 5.76. The number of phenolic OH excluding ortho intramolecular Hbond substituents is 2. The molecule has 0 amide bonds. The van der Waals surface area contributed by atoms with Crippen molar-refractivity contribution >= 4 is 5.97 Å². The first kappa shape index (κ1) is 4.60. The molecule has 0 aliphatic heterocycles. The largest absolute Gasteiger partial charge is 0.504 e. The van der Waals surface area contributed by atoms with Crippen molar-refractivity contribution in [3.05, 3.63) is 23.7 Å². The number of rotatable bonds is 6. The highest BCUT2D eigenvalue weighted by Gasteiger charge is 2.25. The topological polar surface area (TPSA) is 113 Å². The molecule has 16 heavy (non-hydrogen) atoms. The molecule has 0 aliphatic rings. The summed E-state index contributed by atoms with van der Waals surface area (Å²) in [6, 6.07) is -6.68. The third-order valence-corrected chi connectivity index (χ3v) is 1.59. The van der Waals surface area contributed by atoms with Crippen LogP contribution in [0.1, 0.15) is 18.5 Å². The number of aliphatic hydroxyl groups is 1. The van der Waals surface area contributed by atoms with Gasteiger partial charge in [0.1, 0.15) is 14.9 Å². The quantitative estimate of drug-likeness (QED) is 0.396. The standard InChI is InChI=1S/C10H13NO5/c1-16-10(15)8(11)9(14)5-2-3-6(12)7(13)4-5/h2-4,8-9,12-14H,11H2,1H3/t8-,9+/m0/s1/i2D,3D,4D,8D,9D/hD4. The van der Waals surface area contributed by atoms with Crippen molar-refractivity contribution in [1.29, 1.82) is 2.86 Å². The highest BCUT2D eigenvalue weighted by Crippen LogP contribution is 2.28. The normalized spacial score (nSPS) is 25.8. The van der Waals surface area contributed by atoms with E-state index in [0.29, 0.717) is 0 Å². The number of benzene rings is 1. The van der Waals surface area contributed by atoms with Crippen molar-refractivity contribution in [2.24, 2.45) is 5.72 Å². The Labute approximate surface area is 105 Å². The van der Waals surface area contributed by atoms with E-state index < -0.39 is 59.0 Å². The van der Waals surface area contributed by atoms with Gasteiger partial charge in [0.2, 0.25) is 0 Å². The minimum atomic E-state index is -3.64. The Morgan fingerprint density at radius 3 is 3.00 bits per heavy atom. The zero-order valence-electron chi connectivity index (χ0n) is 17.0. The molecule has 2 atom stereocenters. The van der Waals surface area contributed by atoms with Crippen LogP contribution in [-0.2, 0) is 9.53 Å². The van der Waals surface area contributed by atoms with Crippen LogP contribution in [0.15, 0.2) is 18.1 Å². The molecule has 1 aromatic rings. The van der Waals surface area contributed by atoms with Gasteiger partial charge in [-0.25, -0.2) is 0 Å². The van der Waals surface area contributed by atoms with Crippen molar-refractivity contribution in [3.8, 4) is 11.5 Å². The molecule has 0 saturated carbocycles. The molecule has 0 fully saturated rings. The van der Waals surface area contributed by atoms with Crippen molar-refractivity contribution in [3.63, 3.8) is 0 Å². The summed E-state index contributed by atoms with van der Waals surface area (Å²) in [5.74, 6) is -3.51. The lowest BCUT2D eigenvalue weighted by atomic mass is 10.0. The van der Waals surface area contributed by atoms with Crippen LogP contribution < -0.4 is 5.72 Å². The number of ether oxygens (including phenoxy) is 1. The van der Waals surface area contributed by atoms with Crippen molar-refractivity contribution in [2.75, 3.05) is 7.11 Å². The number of hydrogen-bond acceptors (Lipinski definition) is 6. The third-order valence-electron chi connectivity index (χ3n) is 1.59. The fraction of sp³-hybridized carbons (Fsp3) is 0.300. The van der Waals surface area contributed by atoms with Crippen LogP contribution in [0, 0.1) is 0 Å². The predicted molar refractivity (Wildman–Crippen MR) is 54.7 cm³/mol. The molecule has 1 rings (SSSR count). The molecule has 0 aromatic heterocycles. The summed E-state index contributed by atoms with van der Waals surface area (Å²) in [6.07, 6.45) is -3.64. The molecule has 0 radical (unpaired) electrons. The van der Waals surface area contributed by atoms with Gasteiger partial charge < -0.3 is 25.8 Å². The third kappa shape index (κ3) is 2.41. The Kier molecular flexibility index (Phi) is 1.39. The number of methoxy groups -OCH3 is 1. The molecule has 5 N–H and O–H groups in total. The second kappa shape index (κ2) is 4.82. The molecule has 1 aromatic carbocycles. The van der Waals surface area contributed by atoms with E-state index >= 15 is 0 Å². The molecule has 6 heteroatoms. The Bertz CT molecular complexity index is 685. The van der Waals surface area contributed by atoms with Crippen LogP contribution in [0.25, 0.3) is 0 Å². The molecular formula is C10H13NO5. The molecule has 0 spiro atoms. The SMILES string of the molecule is [2H]Oc1c([2H])c([2H])c([C@@]([2H])(O)[C@@]([2H])(C(=O)OC)N([2H])[2H])c([2H])c1O[2H]. The van der Waals surface area contributed by atoms with Crippen LogP contribution in [-0.4, -0.2) is 37.3 Å². The van der Waals surface area contributed by atoms with E-state index in [9.17, 15) is 9.90 Å². The number of nitrogens with two attached hydrogens (primary N) is 1. The Balaban J connectivity index is 3.91. The average molecular weight is 236 g/mol. The van der Waals surface area contributed by atoms with Gasteiger partial charge in [-0.15, -0.1) is 0 Å². The molecule has 0 bridgehead atoms. The first-order chi connectivity index (χ1) is 11.4. The van der Waals surface area contributed by atoms with E-state index in [0.717, 1.165) is 7.11 Å². The number of carbonyl (C=O) groups excluding carboxylic acids is 1. The first-order valence-electron chi connectivity index (χ1n) is 8.13. The fourth-order valence-electron chi connectivity index (χ4n) is 0.808. The molecule has 0 aliphatic carbocycles. The van der Waals surface area contributed by atoms with Crippen LogP contribution in [0.3, 0.4) is 0 Å². The lowest BCUT2D eigenvalue weighted by molar-refractivity contribution is -0.145. The summed E-state index contributed by atoms with van der Waals surface area (Å²) in [4.78, 5) is 11.8. The number of aromatic hydroxyl groups is 2. The zero-order valence-corrected chi connectivity index (χ0v) is 8.03. The zero-order chi connectivity index (χ0) is 19.7. The van der Waals surface area contributed by atoms with Gasteiger partial charge in [-0.3, -0.25) is 4.79 Å². The van der Waals surface area contributed by atoms with Crippen LogP contribution in [0.4, 0.5) is 0 Å². The summed E-state index contributed by atoms with van der Waals surface area (Å²) in [5.41, 5.74) is -1.85. The second-order valence-electron chi connectivity index (χ2n) is 2.60. The maximum absolute atomic E-state index is 11.8. The van der Waals surface area contributed by atoms with E-state index in [-0.39, 0.29) is 0 Å². The molecule has 0 unspecified atom stereocenters. The summed E-state index contributed by atoms with van der Waals surface area (Å²) < 4.78 is 71.3.